The van der Waals surface area contributed by atoms with Gasteiger partial charge in [-0.3, -0.25) is 0 Å². The van der Waals surface area contributed by atoms with E-state index in [2.05, 4.69) is 25.5 Å². The average molecular weight is 221 g/mol. The molecule has 86 valence electrons. The summed E-state index contributed by atoms with van der Waals surface area (Å²) in [6.07, 6.45) is 2.63. The van der Waals surface area contributed by atoms with Gasteiger partial charge in [0.2, 0.25) is 10.0 Å². The Kier molecular flexibility index (Phi) is 5.67. The fourth-order valence-corrected chi connectivity index (χ4v) is 2.32. The van der Waals surface area contributed by atoms with Crippen LogP contribution in [0.25, 0.3) is 0 Å². The highest BCUT2D eigenvalue weighted by molar-refractivity contribution is 7.89. The molecule has 1 N–H and O–H groups in total. The van der Waals surface area contributed by atoms with Gasteiger partial charge in [0.25, 0.3) is 0 Å². The summed E-state index contributed by atoms with van der Waals surface area (Å²) in [6.45, 7) is 8.92. The molecule has 0 bridgehead atoms. The average Bonchev–Trinajstić information content (AvgIpc) is 1.96. The van der Waals surface area contributed by atoms with Crippen molar-refractivity contribution in [3.8, 4) is 0 Å². The van der Waals surface area contributed by atoms with Gasteiger partial charge in [-0.05, 0) is 24.7 Å². The fraction of sp³-hybridized carbons (Fsp3) is 1.00. The lowest BCUT2D eigenvalue weighted by molar-refractivity contribution is 0.365. The lowest BCUT2D eigenvalue weighted by Crippen LogP contribution is -2.27. The van der Waals surface area contributed by atoms with Gasteiger partial charge in [0.1, 0.15) is 0 Å². The molecule has 3 nitrogen and oxygen atoms in total. The summed E-state index contributed by atoms with van der Waals surface area (Å²) in [7, 11) is -3.00. The molecule has 14 heavy (non-hydrogen) atoms. The molecule has 0 aliphatic heterocycles. The largest absolute Gasteiger partial charge is 0.215 e. The summed E-state index contributed by atoms with van der Waals surface area (Å²) in [5, 5.41) is 0. The number of nitrogens with one attached hydrogen (secondary N) is 1. The van der Waals surface area contributed by atoms with E-state index >= 15 is 0 Å². The monoisotopic (exact) mass is 221 g/mol. The van der Waals surface area contributed by atoms with E-state index in [4.69, 9.17) is 0 Å². The van der Waals surface area contributed by atoms with Crippen LogP contribution >= 0.6 is 0 Å². The summed E-state index contributed by atoms with van der Waals surface area (Å²) < 4.78 is 25.1. The van der Waals surface area contributed by atoms with E-state index in [9.17, 15) is 8.42 Å². The maximum Gasteiger partial charge on any atom is 0.211 e. The molecule has 0 rings (SSSR count). The molecule has 0 aliphatic rings. The first-order chi connectivity index (χ1) is 6.27. The number of hydrogen-bond donors (Lipinski definition) is 1. The third-order valence-corrected chi connectivity index (χ3v) is 3.49. The normalized spacial score (nSPS) is 13.1. The second-order valence-electron chi connectivity index (χ2n) is 4.88. The summed E-state index contributed by atoms with van der Waals surface area (Å²) >= 11 is 0. The molecule has 0 atom stereocenters. The van der Waals surface area contributed by atoms with Crippen molar-refractivity contribution in [2.75, 3.05) is 12.3 Å². The quantitative estimate of drug-likeness (QED) is 0.698. The third-order valence-electron chi connectivity index (χ3n) is 1.90. The van der Waals surface area contributed by atoms with Crippen LogP contribution in [0.4, 0.5) is 0 Å². The van der Waals surface area contributed by atoms with Crippen molar-refractivity contribution in [3.63, 3.8) is 0 Å². The topological polar surface area (TPSA) is 46.2 Å². The highest BCUT2D eigenvalue weighted by Crippen LogP contribution is 2.19. The number of sulfonamides is 1. The van der Waals surface area contributed by atoms with Crippen LogP contribution in [0, 0.1) is 5.41 Å². The molecule has 0 spiro atoms. The molecule has 0 amide bonds. The van der Waals surface area contributed by atoms with E-state index in [1.54, 1.807) is 0 Å². The second-order valence-corrected chi connectivity index (χ2v) is 6.80. The summed E-state index contributed by atoms with van der Waals surface area (Å²) in [5.74, 6) is 0.239. The minimum Gasteiger partial charge on any atom is -0.215 e. The molecule has 0 aromatic carbocycles. The summed E-state index contributed by atoms with van der Waals surface area (Å²) in [6, 6.07) is 0. The minimum atomic E-state index is -3.00. The van der Waals surface area contributed by atoms with Crippen LogP contribution in [0.2, 0.25) is 0 Å². The predicted octanol–water partition coefficient (Wildman–Crippen LogP) is 2.14. The molecule has 0 heterocycles. The van der Waals surface area contributed by atoms with E-state index in [0.29, 0.717) is 13.0 Å². The zero-order chi connectivity index (χ0) is 11.2. The maximum atomic E-state index is 11.2. The molecule has 0 saturated heterocycles. The van der Waals surface area contributed by atoms with Crippen LogP contribution < -0.4 is 4.72 Å². The standard InChI is InChI=1S/C10H23NO2S/c1-5-9-14(12,13)11-8-6-7-10(2,3)4/h11H,5-9H2,1-4H3. The van der Waals surface area contributed by atoms with Gasteiger partial charge in [-0.25, -0.2) is 13.1 Å². The van der Waals surface area contributed by atoms with E-state index in [1.165, 1.54) is 0 Å². The van der Waals surface area contributed by atoms with E-state index in [0.717, 1.165) is 12.8 Å². The zero-order valence-corrected chi connectivity index (χ0v) is 10.6. The van der Waals surface area contributed by atoms with Crippen molar-refractivity contribution < 1.29 is 8.42 Å². The van der Waals surface area contributed by atoms with Gasteiger partial charge in [0, 0.05) is 6.54 Å². The Morgan fingerprint density at radius 2 is 1.79 bits per heavy atom. The van der Waals surface area contributed by atoms with Gasteiger partial charge in [0.05, 0.1) is 5.75 Å². The molecular weight excluding hydrogens is 198 g/mol. The zero-order valence-electron chi connectivity index (χ0n) is 9.76. The van der Waals surface area contributed by atoms with Crippen molar-refractivity contribution >= 4 is 10.0 Å². The SMILES string of the molecule is CCCS(=O)(=O)NCCCC(C)(C)C. The smallest absolute Gasteiger partial charge is 0.211 e. The minimum absolute atomic E-state index is 0.239. The molecule has 0 aromatic rings. The van der Waals surface area contributed by atoms with Gasteiger partial charge in [-0.15, -0.1) is 0 Å². The van der Waals surface area contributed by atoms with Gasteiger partial charge in [0.15, 0.2) is 0 Å². The third kappa shape index (κ3) is 8.51. The first kappa shape index (κ1) is 13.9. The Morgan fingerprint density at radius 1 is 1.21 bits per heavy atom. The summed E-state index contributed by atoms with van der Waals surface area (Å²) in [5.41, 5.74) is 0.288. The first-order valence-electron chi connectivity index (χ1n) is 5.24. The van der Waals surface area contributed by atoms with Gasteiger partial charge in [-0.1, -0.05) is 27.7 Å². The van der Waals surface area contributed by atoms with E-state index < -0.39 is 10.0 Å². The van der Waals surface area contributed by atoms with Crippen molar-refractivity contribution in [1.82, 2.24) is 4.72 Å². The Labute approximate surface area is 88.3 Å². The highest BCUT2D eigenvalue weighted by Gasteiger charge is 2.11. The van der Waals surface area contributed by atoms with Crippen LogP contribution in [0.1, 0.15) is 47.0 Å². The van der Waals surface area contributed by atoms with Crippen LogP contribution in [-0.2, 0) is 10.0 Å². The number of rotatable bonds is 6. The Hall–Kier alpha value is -0.0900. The molecule has 0 radical (unpaired) electrons. The predicted molar refractivity (Wildman–Crippen MR) is 60.8 cm³/mol. The van der Waals surface area contributed by atoms with Crippen LogP contribution in [-0.4, -0.2) is 20.7 Å². The van der Waals surface area contributed by atoms with Crippen molar-refractivity contribution in [3.05, 3.63) is 0 Å². The van der Waals surface area contributed by atoms with Crippen molar-refractivity contribution in [2.24, 2.45) is 5.41 Å². The second kappa shape index (κ2) is 5.71. The lowest BCUT2D eigenvalue weighted by atomic mass is 9.91. The van der Waals surface area contributed by atoms with Crippen LogP contribution in [0.5, 0.6) is 0 Å². The molecule has 0 saturated carbocycles. The molecule has 4 heteroatoms. The van der Waals surface area contributed by atoms with Gasteiger partial charge < -0.3 is 0 Å². The number of hydrogen-bond acceptors (Lipinski definition) is 2. The van der Waals surface area contributed by atoms with Crippen LogP contribution in [0.15, 0.2) is 0 Å². The Bertz CT molecular complexity index is 239. The van der Waals surface area contributed by atoms with Gasteiger partial charge in [-0.2, -0.15) is 0 Å². The Morgan fingerprint density at radius 3 is 2.21 bits per heavy atom. The van der Waals surface area contributed by atoms with Crippen molar-refractivity contribution in [1.29, 1.82) is 0 Å². The highest BCUT2D eigenvalue weighted by atomic mass is 32.2. The molecule has 0 aromatic heterocycles. The van der Waals surface area contributed by atoms with Crippen molar-refractivity contribution in [2.45, 2.75) is 47.0 Å². The van der Waals surface area contributed by atoms with Crippen LogP contribution in [0.3, 0.4) is 0 Å². The lowest BCUT2D eigenvalue weighted by Gasteiger charge is -2.17. The molecule has 0 unspecified atom stereocenters. The molecule has 0 aliphatic carbocycles. The molecule has 0 fully saturated rings. The fourth-order valence-electron chi connectivity index (χ4n) is 1.19. The Balaban J connectivity index is 3.65. The van der Waals surface area contributed by atoms with E-state index in [1.807, 2.05) is 6.92 Å². The van der Waals surface area contributed by atoms with E-state index in [-0.39, 0.29) is 11.2 Å². The first-order valence-corrected chi connectivity index (χ1v) is 6.89. The molecular formula is C10H23NO2S. The maximum absolute atomic E-state index is 11.2. The van der Waals surface area contributed by atoms with Gasteiger partial charge >= 0.3 is 0 Å². The summed E-state index contributed by atoms with van der Waals surface area (Å²) in [4.78, 5) is 0.